The minimum Gasteiger partial charge on any atom is -0.456 e. The summed E-state index contributed by atoms with van der Waals surface area (Å²) >= 11 is 1.81. The van der Waals surface area contributed by atoms with Crippen LogP contribution >= 0.6 is 11.3 Å². The number of nitrogens with zero attached hydrogens (tertiary/aromatic N) is 4. The van der Waals surface area contributed by atoms with E-state index in [9.17, 15) is 0 Å². The Hall–Kier alpha value is -6.37. The van der Waals surface area contributed by atoms with Crippen molar-refractivity contribution in [3.8, 4) is 34.2 Å². The van der Waals surface area contributed by atoms with Gasteiger partial charge in [-0.15, -0.1) is 11.3 Å². The molecule has 2 atom stereocenters. The maximum absolute atomic E-state index is 6.65. The Labute approximate surface area is 297 Å². The van der Waals surface area contributed by atoms with Crippen molar-refractivity contribution in [1.82, 2.24) is 15.0 Å². The maximum atomic E-state index is 6.65. The van der Waals surface area contributed by atoms with Gasteiger partial charge in [0.15, 0.2) is 17.5 Å². The van der Waals surface area contributed by atoms with Crippen LogP contribution in [-0.2, 0) is 0 Å². The molecule has 240 valence electrons. The summed E-state index contributed by atoms with van der Waals surface area (Å²) in [6.07, 6.45) is 4.44. The first-order valence-corrected chi connectivity index (χ1v) is 18.0. The number of rotatable bonds is 4. The molecule has 0 N–H and O–H groups in total. The highest BCUT2D eigenvalue weighted by Gasteiger charge is 2.43. The summed E-state index contributed by atoms with van der Waals surface area (Å²) in [6.45, 7) is 0. The summed E-state index contributed by atoms with van der Waals surface area (Å²) in [7, 11) is 0. The summed E-state index contributed by atoms with van der Waals surface area (Å²) in [5.74, 6) is 2.86. The van der Waals surface area contributed by atoms with Gasteiger partial charge < -0.3 is 9.32 Å². The van der Waals surface area contributed by atoms with E-state index in [0.29, 0.717) is 17.5 Å². The van der Waals surface area contributed by atoms with Gasteiger partial charge in [0, 0.05) is 65.1 Å². The lowest BCUT2D eigenvalue weighted by Crippen LogP contribution is -2.30. The van der Waals surface area contributed by atoms with Gasteiger partial charge in [-0.2, -0.15) is 0 Å². The number of hydrogen-bond acceptors (Lipinski definition) is 6. The van der Waals surface area contributed by atoms with Crippen molar-refractivity contribution in [3.05, 3.63) is 169 Å². The van der Waals surface area contributed by atoms with Gasteiger partial charge in [-0.25, -0.2) is 15.0 Å². The molecule has 5 nitrogen and oxygen atoms in total. The summed E-state index contributed by atoms with van der Waals surface area (Å²) in [5, 5.41) is 3.51. The summed E-state index contributed by atoms with van der Waals surface area (Å²) in [6, 6.07) is 51.1. The van der Waals surface area contributed by atoms with Gasteiger partial charge in [-0.3, -0.25) is 0 Å². The fraction of sp³-hybridized carbons (Fsp3) is 0.0444. The molecular formula is C45H28N4OS. The van der Waals surface area contributed by atoms with Gasteiger partial charge in [0.05, 0.1) is 6.04 Å². The zero-order valence-corrected chi connectivity index (χ0v) is 28.1. The molecule has 0 radical (unpaired) electrons. The number of para-hydroxylation sites is 2. The monoisotopic (exact) mass is 672 g/mol. The smallest absolute Gasteiger partial charge is 0.164 e. The van der Waals surface area contributed by atoms with E-state index in [0.717, 1.165) is 33.4 Å². The van der Waals surface area contributed by atoms with Crippen LogP contribution in [0.5, 0.6) is 0 Å². The largest absolute Gasteiger partial charge is 0.456 e. The molecule has 6 aromatic carbocycles. The molecule has 4 heterocycles. The second kappa shape index (κ2) is 11.1. The molecular weight excluding hydrogens is 645 g/mol. The van der Waals surface area contributed by atoms with E-state index in [1.54, 1.807) is 0 Å². The van der Waals surface area contributed by atoms with Crippen LogP contribution in [0.1, 0.15) is 22.8 Å². The molecule has 2 unspecified atom stereocenters. The zero-order chi connectivity index (χ0) is 33.5. The molecule has 1 aliphatic carbocycles. The molecule has 6 heteroatoms. The highest BCUT2D eigenvalue weighted by Crippen LogP contribution is 2.54. The van der Waals surface area contributed by atoms with Gasteiger partial charge in [0.25, 0.3) is 0 Å². The van der Waals surface area contributed by atoms with E-state index in [2.05, 4.69) is 138 Å². The van der Waals surface area contributed by atoms with E-state index in [-0.39, 0.29) is 12.0 Å². The van der Waals surface area contributed by atoms with Crippen molar-refractivity contribution in [2.45, 2.75) is 12.0 Å². The minimum absolute atomic E-state index is 0.0630. The van der Waals surface area contributed by atoms with Crippen molar-refractivity contribution in [1.29, 1.82) is 0 Å². The molecule has 0 fully saturated rings. The lowest BCUT2D eigenvalue weighted by molar-refractivity contribution is 0.584. The molecule has 0 saturated heterocycles. The highest BCUT2D eigenvalue weighted by atomic mass is 32.1. The minimum atomic E-state index is 0.0630. The maximum Gasteiger partial charge on any atom is 0.164 e. The second-order valence-electron chi connectivity index (χ2n) is 13.1. The van der Waals surface area contributed by atoms with Crippen molar-refractivity contribution in [3.63, 3.8) is 0 Å². The number of fused-ring (bicyclic) bond motifs is 10. The quantitative estimate of drug-likeness (QED) is 0.186. The van der Waals surface area contributed by atoms with Gasteiger partial charge in [-0.05, 0) is 60.2 Å². The summed E-state index contributed by atoms with van der Waals surface area (Å²) < 4.78 is 9.17. The normalized spacial score (nSPS) is 16.1. The molecule has 11 rings (SSSR count). The molecule has 0 bridgehead atoms. The Bertz CT molecular complexity index is 2840. The first-order chi connectivity index (χ1) is 25.3. The van der Waals surface area contributed by atoms with Crippen LogP contribution in [0.25, 0.3) is 71.4 Å². The molecule has 2 aliphatic rings. The summed E-state index contributed by atoms with van der Waals surface area (Å²) in [5.41, 5.74) is 8.51. The van der Waals surface area contributed by atoms with Crippen LogP contribution in [0, 0.1) is 0 Å². The lowest BCUT2D eigenvalue weighted by atomic mass is 9.82. The predicted octanol–water partition coefficient (Wildman–Crippen LogP) is 11.7. The first kappa shape index (κ1) is 28.5. The predicted molar refractivity (Wildman–Crippen MR) is 208 cm³/mol. The molecule has 0 spiro atoms. The molecule has 0 saturated carbocycles. The average Bonchev–Trinajstić information content (AvgIpc) is 3.87. The third kappa shape index (κ3) is 4.36. The highest BCUT2D eigenvalue weighted by molar-refractivity contribution is 7.25. The van der Waals surface area contributed by atoms with Crippen LogP contribution < -0.4 is 4.90 Å². The Morgan fingerprint density at radius 2 is 1.31 bits per heavy atom. The van der Waals surface area contributed by atoms with Gasteiger partial charge in [0.2, 0.25) is 0 Å². The topological polar surface area (TPSA) is 55.1 Å². The standard InChI is InChI=1S/C45H28N4OS/c1-3-12-27(13-4-1)43-46-44(28-22-25-39-33(26-28)30-16-8-10-21-38(30)51-39)48-45(47-43)32-18-11-20-36-41(32)42-37(50-36)24-23-35-40(42)31-17-7-9-19-34(31)49(35)29-14-5-2-6-15-29/h1-26,35,40H. The second-order valence-corrected chi connectivity index (χ2v) is 14.2. The van der Waals surface area contributed by atoms with E-state index in [1.807, 2.05) is 35.6 Å². The van der Waals surface area contributed by atoms with E-state index < -0.39 is 0 Å². The Morgan fingerprint density at radius 1 is 0.588 bits per heavy atom. The van der Waals surface area contributed by atoms with Gasteiger partial charge in [-0.1, -0.05) is 103 Å². The van der Waals surface area contributed by atoms with Gasteiger partial charge >= 0.3 is 0 Å². The van der Waals surface area contributed by atoms with Crippen molar-refractivity contribution in [2.75, 3.05) is 4.90 Å². The molecule has 3 aromatic heterocycles. The molecule has 0 amide bonds. The SMILES string of the molecule is C1=CC2C(c3ccccc3N2c2ccccc2)c2c1oc1cccc(-c3nc(-c4ccccc4)nc(-c4ccc5sc6ccccc6c5c4)n3)c21. The average molecular weight is 673 g/mol. The number of hydrogen-bond donors (Lipinski definition) is 0. The van der Waals surface area contributed by atoms with E-state index in [1.165, 1.54) is 42.7 Å². The van der Waals surface area contributed by atoms with Gasteiger partial charge in [0.1, 0.15) is 11.3 Å². The lowest BCUT2D eigenvalue weighted by Gasteiger charge is -2.30. The van der Waals surface area contributed by atoms with Crippen LogP contribution in [0.4, 0.5) is 11.4 Å². The van der Waals surface area contributed by atoms with Crippen LogP contribution in [0.15, 0.2) is 156 Å². The van der Waals surface area contributed by atoms with Crippen molar-refractivity contribution >= 4 is 59.9 Å². The van der Waals surface area contributed by atoms with E-state index >= 15 is 0 Å². The first-order valence-electron chi connectivity index (χ1n) is 17.2. The Kier molecular flexibility index (Phi) is 6.18. The fourth-order valence-corrected chi connectivity index (χ4v) is 9.18. The third-order valence-corrected chi connectivity index (χ3v) is 11.4. The Morgan fingerprint density at radius 3 is 2.20 bits per heavy atom. The number of anilines is 2. The number of aromatic nitrogens is 3. The third-order valence-electron chi connectivity index (χ3n) is 10.3. The fourth-order valence-electron chi connectivity index (χ4n) is 8.09. The zero-order valence-electron chi connectivity index (χ0n) is 27.3. The number of benzene rings is 6. The van der Waals surface area contributed by atoms with E-state index in [4.69, 9.17) is 19.4 Å². The molecule has 9 aromatic rings. The molecule has 51 heavy (non-hydrogen) atoms. The van der Waals surface area contributed by atoms with Crippen molar-refractivity contribution in [2.24, 2.45) is 0 Å². The molecule has 1 aliphatic heterocycles. The van der Waals surface area contributed by atoms with Crippen LogP contribution in [0.3, 0.4) is 0 Å². The Balaban J connectivity index is 1.14. The number of furan rings is 1. The van der Waals surface area contributed by atoms with Crippen LogP contribution in [-0.4, -0.2) is 21.0 Å². The van der Waals surface area contributed by atoms with Crippen LogP contribution in [0.2, 0.25) is 0 Å². The summed E-state index contributed by atoms with van der Waals surface area (Å²) in [4.78, 5) is 18.0. The number of thiophene rings is 1. The van der Waals surface area contributed by atoms with Crippen molar-refractivity contribution < 1.29 is 4.42 Å².